The summed E-state index contributed by atoms with van der Waals surface area (Å²) in [4.78, 5) is 26.6. The normalized spacial score (nSPS) is 18.5. The Morgan fingerprint density at radius 2 is 1.69 bits per heavy atom. The van der Waals surface area contributed by atoms with E-state index in [4.69, 9.17) is 4.74 Å². The number of ether oxygens (including phenoxy) is 1. The quantitative estimate of drug-likeness (QED) is 0.365. The van der Waals surface area contributed by atoms with E-state index in [0.717, 1.165) is 29.5 Å². The van der Waals surface area contributed by atoms with Crippen LogP contribution in [0.25, 0.3) is 0 Å². The van der Waals surface area contributed by atoms with Gasteiger partial charge in [-0.3, -0.25) is 14.2 Å². The molecule has 0 heterocycles. The van der Waals surface area contributed by atoms with Crippen LogP contribution in [-0.4, -0.2) is 23.5 Å². The number of hydrogen-bond donors (Lipinski definition) is 0. The Morgan fingerprint density at radius 3 is 2.15 bits per heavy atom. The summed E-state index contributed by atoms with van der Waals surface area (Å²) in [5, 5.41) is -1.36. The SMILES string of the molecule is CCCOC(=O)C(C)(P=O)C1(C(=O)c2c(C)cc(C)cc2C)CCCC1. The molecule has 1 aromatic rings. The van der Waals surface area contributed by atoms with Gasteiger partial charge in [0.1, 0.15) is 0 Å². The second-order valence-corrected chi connectivity index (χ2v) is 8.77. The van der Waals surface area contributed by atoms with Crippen LogP contribution < -0.4 is 0 Å². The van der Waals surface area contributed by atoms with Crippen molar-refractivity contribution >= 4 is 20.2 Å². The van der Waals surface area contributed by atoms with Crippen molar-refractivity contribution in [2.45, 2.75) is 71.9 Å². The molecule has 1 aliphatic rings. The van der Waals surface area contributed by atoms with Gasteiger partial charge in [0.2, 0.25) is 0 Å². The van der Waals surface area contributed by atoms with E-state index in [0.29, 0.717) is 24.8 Å². The molecule has 1 saturated carbocycles. The number of carbonyl (C=O) groups is 2. The average Bonchev–Trinajstić information content (AvgIpc) is 3.09. The Bertz CT molecular complexity index is 696. The van der Waals surface area contributed by atoms with Gasteiger partial charge in [-0.15, -0.1) is 0 Å². The molecular weight excluding hydrogens is 347 g/mol. The topological polar surface area (TPSA) is 60.4 Å². The number of carbonyl (C=O) groups excluding carboxylic acids is 2. The third-order valence-electron chi connectivity index (χ3n) is 5.75. The predicted molar refractivity (Wildman–Crippen MR) is 103 cm³/mol. The van der Waals surface area contributed by atoms with E-state index in [1.54, 1.807) is 6.92 Å². The summed E-state index contributed by atoms with van der Waals surface area (Å²) >= 11 is 0. The van der Waals surface area contributed by atoms with Crippen LogP contribution in [0.5, 0.6) is 0 Å². The van der Waals surface area contributed by atoms with Crippen molar-refractivity contribution in [2.24, 2.45) is 5.41 Å². The fourth-order valence-electron chi connectivity index (χ4n) is 4.35. The standard InChI is InChI=1S/C21H29O4P/c1-6-11-25-19(23)20(5,26-24)21(9-7-8-10-21)18(22)17-15(3)12-14(2)13-16(17)4/h12-13H,6-11H2,1-5H3. The molecule has 4 nitrogen and oxygen atoms in total. The molecule has 1 unspecified atom stereocenters. The summed E-state index contributed by atoms with van der Waals surface area (Å²) in [7, 11) is -0.349. The Kier molecular flexibility index (Phi) is 6.39. The van der Waals surface area contributed by atoms with E-state index in [9.17, 15) is 14.2 Å². The van der Waals surface area contributed by atoms with Gasteiger partial charge >= 0.3 is 5.97 Å². The van der Waals surface area contributed by atoms with Gasteiger partial charge < -0.3 is 4.74 Å². The Balaban J connectivity index is 2.58. The maximum Gasteiger partial charge on any atom is 0.324 e. The Labute approximate surface area is 157 Å². The van der Waals surface area contributed by atoms with Gasteiger partial charge in [-0.05, 0) is 58.1 Å². The minimum atomic E-state index is -1.36. The highest BCUT2D eigenvalue weighted by Crippen LogP contribution is 2.55. The third kappa shape index (κ3) is 3.36. The van der Waals surface area contributed by atoms with Gasteiger partial charge in [-0.2, -0.15) is 0 Å². The minimum absolute atomic E-state index is 0.0655. The van der Waals surface area contributed by atoms with Gasteiger partial charge in [0, 0.05) is 5.56 Å². The monoisotopic (exact) mass is 376 g/mol. The molecule has 1 aromatic carbocycles. The van der Waals surface area contributed by atoms with Crippen LogP contribution >= 0.6 is 8.46 Å². The summed E-state index contributed by atoms with van der Waals surface area (Å²) in [6.07, 6.45) is 3.51. The van der Waals surface area contributed by atoms with E-state index in [1.807, 2.05) is 39.8 Å². The lowest BCUT2D eigenvalue weighted by Gasteiger charge is -2.39. The lowest BCUT2D eigenvalue weighted by molar-refractivity contribution is -0.149. The van der Waals surface area contributed by atoms with E-state index in [2.05, 4.69) is 0 Å². The lowest BCUT2D eigenvalue weighted by atomic mass is 9.67. The van der Waals surface area contributed by atoms with Crippen molar-refractivity contribution in [3.63, 3.8) is 0 Å². The van der Waals surface area contributed by atoms with Crippen LogP contribution in [0.3, 0.4) is 0 Å². The van der Waals surface area contributed by atoms with Gasteiger partial charge in [-0.25, -0.2) is 0 Å². The first-order valence-electron chi connectivity index (χ1n) is 9.38. The van der Waals surface area contributed by atoms with Crippen molar-refractivity contribution in [1.29, 1.82) is 0 Å². The van der Waals surface area contributed by atoms with Crippen molar-refractivity contribution in [1.82, 2.24) is 0 Å². The highest BCUT2D eigenvalue weighted by Gasteiger charge is 2.61. The molecule has 26 heavy (non-hydrogen) atoms. The van der Waals surface area contributed by atoms with Crippen molar-refractivity contribution in [3.8, 4) is 0 Å². The zero-order chi connectivity index (χ0) is 19.5. The summed E-state index contributed by atoms with van der Waals surface area (Å²) < 4.78 is 17.6. The molecule has 5 heteroatoms. The molecule has 0 aliphatic heterocycles. The first-order valence-corrected chi connectivity index (χ1v) is 10.2. The molecular formula is C21H29O4P. The molecule has 0 radical (unpaired) electrons. The molecule has 0 N–H and O–H groups in total. The maximum atomic E-state index is 13.8. The number of hydrogen-bond acceptors (Lipinski definition) is 4. The van der Waals surface area contributed by atoms with E-state index in [1.165, 1.54) is 0 Å². The number of ketones is 1. The second-order valence-electron chi connectivity index (χ2n) is 7.69. The number of aryl methyl sites for hydroxylation is 3. The highest BCUT2D eigenvalue weighted by molar-refractivity contribution is 7.28. The summed E-state index contributed by atoms with van der Waals surface area (Å²) in [6, 6.07) is 3.98. The van der Waals surface area contributed by atoms with Gasteiger partial charge in [0.15, 0.2) is 19.4 Å². The van der Waals surface area contributed by atoms with Crippen LogP contribution in [0.15, 0.2) is 12.1 Å². The van der Waals surface area contributed by atoms with Crippen LogP contribution in [-0.2, 0) is 14.1 Å². The van der Waals surface area contributed by atoms with Crippen LogP contribution in [0.1, 0.15) is 73.0 Å². The first-order chi connectivity index (χ1) is 12.2. The highest BCUT2D eigenvalue weighted by atomic mass is 31.1. The van der Waals surface area contributed by atoms with Crippen LogP contribution in [0.2, 0.25) is 0 Å². The molecule has 1 aliphatic carbocycles. The Hall–Kier alpha value is -1.54. The lowest BCUT2D eigenvalue weighted by Crippen LogP contribution is -2.52. The number of benzene rings is 1. The zero-order valence-corrected chi connectivity index (χ0v) is 17.4. The van der Waals surface area contributed by atoms with E-state index in [-0.39, 0.29) is 20.9 Å². The average molecular weight is 376 g/mol. The number of esters is 1. The Morgan fingerprint density at radius 1 is 1.15 bits per heavy atom. The predicted octanol–water partition coefficient (Wildman–Crippen LogP) is 5.36. The molecule has 0 amide bonds. The fraction of sp³-hybridized carbons (Fsp3) is 0.619. The van der Waals surface area contributed by atoms with Gasteiger partial charge in [-0.1, -0.05) is 37.5 Å². The van der Waals surface area contributed by atoms with Crippen LogP contribution in [0, 0.1) is 26.2 Å². The van der Waals surface area contributed by atoms with Gasteiger partial charge in [0.05, 0.1) is 12.0 Å². The summed E-state index contributed by atoms with van der Waals surface area (Å²) in [5.41, 5.74) is 2.60. The smallest absolute Gasteiger partial charge is 0.324 e. The molecule has 1 atom stereocenters. The zero-order valence-electron chi connectivity index (χ0n) is 16.5. The third-order valence-corrected chi connectivity index (χ3v) is 6.72. The number of rotatable bonds is 7. The fourth-order valence-corrected chi connectivity index (χ4v) is 4.99. The molecule has 0 spiro atoms. The molecule has 2 rings (SSSR count). The molecule has 0 saturated heterocycles. The molecule has 142 valence electrons. The number of Topliss-reactive ketones (excluding diaryl/α,β-unsaturated/α-hetero) is 1. The summed E-state index contributed by atoms with van der Waals surface area (Å²) in [6.45, 7) is 9.67. The molecule has 0 aromatic heterocycles. The second kappa shape index (κ2) is 8.00. The maximum absolute atomic E-state index is 13.8. The van der Waals surface area contributed by atoms with Gasteiger partial charge in [0.25, 0.3) is 0 Å². The van der Waals surface area contributed by atoms with Crippen molar-refractivity contribution in [3.05, 3.63) is 34.4 Å². The molecule has 0 bridgehead atoms. The van der Waals surface area contributed by atoms with Crippen LogP contribution in [0.4, 0.5) is 0 Å². The molecule has 1 fully saturated rings. The summed E-state index contributed by atoms with van der Waals surface area (Å²) in [5.74, 6) is -0.599. The van der Waals surface area contributed by atoms with Crippen molar-refractivity contribution in [2.75, 3.05) is 6.61 Å². The first kappa shape index (κ1) is 20.8. The minimum Gasteiger partial charge on any atom is -0.465 e. The van der Waals surface area contributed by atoms with E-state index >= 15 is 0 Å². The largest absolute Gasteiger partial charge is 0.465 e. The van der Waals surface area contributed by atoms with Crippen molar-refractivity contribution < 1.29 is 18.9 Å². The van der Waals surface area contributed by atoms with E-state index < -0.39 is 16.5 Å².